The van der Waals surface area contributed by atoms with Crippen LogP contribution < -0.4 is 5.32 Å². The van der Waals surface area contributed by atoms with E-state index in [1.54, 1.807) is 0 Å². The van der Waals surface area contributed by atoms with Gasteiger partial charge < -0.3 is 10.2 Å². The van der Waals surface area contributed by atoms with Crippen LogP contribution in [0, 0.1) is 5.41 Å². The van der Waals surface area contributed by atoms with Crippen LogP contribution in [-0.2, 0) is 6.42 Å². The minimum absolute atomic E-state index is 0.574. The molecule has 0 radical (unpaired) electrons. The molecular weight excluding hydrogens is 252 g/mol. The Morgan fingerprint density at radius 3 is 2.79 bits per heavy atom. The van der Waals surface area contributed by atoms with E-state index in [-0.39, 0.29) is 0 Å². The standard InChI is InChI=1S/C16H28N2S/c1-3-7-16(8-10-17-11-9-16)14-18(2)12-6-15-5-4-13-19-15/h4-5,13,17H,3,6-12,14H2,1-2H3. The second-order valence-corrected chi connectivity index (χ2v) is 7.10. The van der Waals surface area contributed by atoms with Gasteiger partial charge in [-0.25, -0.2) is 0 Å². The summed E-state index contributed by atoms with van der Waals surface area (Å²) in [5.41, 5.74) is 0.574. The van der Waals surface area contributed by atoms with Crippen molar-refractivity contribution >= 4 is 11.3 Å². The summed E-state index contributed by atoms with van der Waals surface area (Å²) in [4.78, 5) is 4.07. The molecule has 2 rings (SSSR count). The summed E-state index contributed by atoms with van der Waals surface area (Å²) >= 11 is 1.88. The Morgan fingerprint density at radius 1 is 1.37 bits per heavy atom. The number of hydrogen-bond donors (Lipinski definition) is 1. The first kappa shape index (κ1) is 15.0. The van der Waals surface area contributed by atoms with E-state index in [9.17, 15) is 0 Å². The summed E-state index contributed by atoms with van der Waals surface area (Å²) in [6.45, 7) is 7.21. The molecule has 19 heavy (non-hydrogen) atoms. The van der Waals surface area contributed by atoms with Gasteiger partial charge in [0, 0.05) is 18.0 Å². The summed E-state index contributed by atoms with van der Waals surface area (Å²) in [5.74, 6) is 0. The molecule has 1 N–H and O–H groups in total. The predicted molar refractivity (Wildman–Crippen MR) is 85.0 cm³/mol. The number of hydrogen-bond acceptors (Lipinski definition) is 3. The first-order valence-corrected chi connectivity index (χ1v) is 8.54. The number of nitrogens with zero attached hydrogens (tertiary/aromatic N) is 1. The molecule has 108 valence electrons. The lowest BCUT2D eigenvalue weighted by Crippen LogP contribution is -2.44. The van der Waals surface area contributed by atoms with Crippen LogP contribution in [0.1, 0.15) is 37.5 Å². The maximum absolute atomic E-state index is 3.51. The third-order valence-electron chi connectivity index (χ3n) is 4.37. The van der Waals surface area contributed by atoms with Gasteiger partial charge in [-0.05, 0) is 62.7 Å². The predicted octanol–water partition coefficient (Wildman–Crippen LogP) is 3.39. The second-order valence-electron chi connectivity index (χ2n) is 6.07. The van der Waals surface area contributed by atoms with Crippen molar-refractivity contribution in [2.24, 2.45) is 5.41 Å². The van der Waals surface area contributed by atoms with Gasteiger partial charge in [-0.2, -0.15) is 0 Å². The number of thiophene rings is 1. The SMILES string of the molecule is CCCC1(CN(C)CCc2cccs2)CCNCC1. The average molecular weight is 280 g/mol. The molecule has 0 amide bonds. The van der Waals surface area contributed by atoms with Gasteiger partial charge in [-0.1, -0.05) is 19.4 Å². The zero-order valence-corrected chi connectivity index (χ0v) is 13.3. The lowest BCUT2D eigenvalue weighted by atomic mass is 9.75. The zero-order chi connectivity index (χ0) is 13.6. The van der Waals surface area contributed by atoms with Gasteiger partial charge in [0.25, 0.3) is 0 Å². The molecule has 0 spiro atoms. The third kappa shape index (κ3) is 4.59. The fraction of sp³-hybridized carbons (Fsp3) is 0.750. The molecule has 1 aliphatic rings. The molecule has 0 unspecified atom stereocenters. The van der Waals surface area contributed by atoms with Gasteiger partial charge in [-0.15, -0.1) is 11.3 Å². The summed E-state index contributed by atoms with van der Waals surface area (Å²) in [6.07, 6.45) is 6.61. The van der Waals surface area contributed by atoms with E-state index in [0.29, 0.717) is 5.41 Å². The molecule has 0 atom stereocenters. The van der Waals surface area contributed by atoms with E-state index >= 15 is 0 Å². The Hall–Kier alpha value is -0.380. The lowest BCUT2D eigenvalue weighted by molar-refractivity contribution is 0.117. The molecular formula is C16H28N2S. The molecule has 1 saturated heterocycles. The number of likely N-dealkylation sites (N-methyl/N-ethyl adjacent to an activating group) is 1. The molecule has 0 bridgehead atoms. The number of rotatable bonds is 7. The Morgan fingerprint density at radius 2 is 2.16 bits per heavy atom. The van der Waals surface area contributed by atoms with Crippen LogP contribution in [0.15, 0.2) is 17.5 Å². The van der Waals surface area contributed by atoms with Gasteiger partial charge >= 0.3 is 0 Å². The molecule has 0 aliphatic carbocycles. The van der Waals surface area contributed by atoms with Crippen molar-refractivity contribution in [2.45, 2.75) is 39.0 Å². The van der Waals surface area contributed by atoms with Crippen LogP contribution in [0.4, 0.5) is 0 Å². The third-order valence-corrected chi connectivity index (χ3v) is 5.31. The van der Waals surface area contributed by atoms with E-state index in [0.717, 1.165) is 0 Å². The van der Waals surface area contributed by atoms with Crippen LogP contribution in [0.2, 0.25) is 0 Å². The molecule has 0 saturated carbocycles. The summed E-state index contributed by atoms with van der Waals surface area (Å²) in [7, 11) is 2.30. The topological polar surface area (TPSA) is 15.3 Å². The van der Waals surface area contributed by atoms with Crippen molar-refractivity contribution in [3.8, 4) is 0 Å². The van der Waals surface area contributed by atoms with Crippen molar-refractivity contribution in [2.75, 3.05) is 33.2 Å². The summed E-state index contributed by atoms with van der Waals surface area (Å²) < 4.78 is 0. The molecule has 3 heteroatoms. The van der Waals surface area contributed by atoms with Crippen molar-refractivity contribution < 1.29 is 0 Å². The van der Waals surface area contributed by atoms with Crippen molar-refractivity contribution in [3.63, 3.8) is 0 Å². The fourth-order valence-electron chi connectivity index (χ4n) is 3.38. The van der Waals surface area contributed by atoms with Crippen LogP contribution in [-0.4, -0.2) is 38.1 Å². The monoisotopic (exact) mass is 280 g/mol. The van der Waals surface area contributed by atoms with Crippen LogP contribution >= 0.6 is 11.3 Å². The number of piperidine rings is 1. The highest BCUT2D eigenvalue weighted by Gasteiger charge is 2.31. The quantitative estimate of drug-likeness (QED) is 0.823. The van der Waals surface area contributed by atoms with E-state index in [1.807, 2.05) is 11.3 Å². The second kappa shape index (κ2) is 7.41. The van der Waals surface area contributed by atoms with Gasteiger partial charge in [0.1, 0.15) is 0 Å². The van der Waals surface area contributed by atoms with Crippen molar-refractivity contribution in [1.82, 2.24) is 10.2 Å². The Balaban J connectivity index is 1.82. The van der Waals surface area contributed by atoms with Crippen LogP contribution in [0.3, 0.4) is 0 Å². The minimum atomic E-state index is 0.574. The molecule has 0 aromatic carbocycles. The Labute approximate surface area is 122 Å². The molecule has 1 aromatic heterocycles. The van der Waals surface area contributed by atoms with Gasteiger partial charge in [0.2, 0.25) is 0 Å². The van der Waals surface area contributed by atoms with Crippen LogP contribution in [0.5, 0.6) is 0 Å². The molecule has 1 aromatic rings. The zero-order valence-electron chi connectivity index (χ0n) is 12.5. The maximum Gasteiger partial charge on any atom is 0.00579 e. The highest BCUT2D eigenvalue weighted by atomic mass is 32.1. The van der Waals surface area contributed by atoms with Gasteiger partial charge in [0.15, 0.2) is 0 Å². The van der Waals surface area contributed by atoms with E-state index < -0.39 is 0 Å². The fourth-order valence-corrected chi connectivity index (χ4v) is 4.08. The summed E-state index contributed by atoms with van der Waals surface area (Å²) in [5, 5.41) is 5.69. The Bertz CT molecular complexity index is 336. The molecule has 2 nitrogen and oxygen atoms in total. The first-order chi connectivity index (χ1) is 9.24. The molecule has 1 fully saturated rings. The normalized spacial score (nSPS) is 18.9. The minimum Gasteiger partial charge on any atom is -0.317 e. The van der Waals surface area contributed by atoms with E-state index in [4.69, 9.17) is 0 Å². The molecule has 1 aliphatic heterocycles. The maximum atomic E-state index is 3.51. The van der Waals surface area contributed by atoms with Crippen molar-refractivity contribution in [1.29, 1.82) is 0 Å². The first-order valence-electron chi connectivity index (χ1n) is 7.66. The molecule has 2 heterocycles. The highest BCUT2D eigenvalue weighted by molar-refractivity contribution is 7.09. The van der Waals surface area contributed by atoms with E-state index in [2.05, 4.69) is 41.7 Å². The highest BCUT2D eigenvalue weighted by Crippen LogP contribution is 2.34. The van der Waals surface area contributed by atoms with Gasteiger partial charge in [0.05, 0.1) is 0 Å². The largest absolute Gasteiger partial charge is 0.317 e. The smallest absolute Gasteiger partial charge is 0.00579 e. The van der Waals surface area contributed by atoms with Crippen LogP contribution in [0.25, 0.3) is 0 Å². The Kier molecular flexibility index (Phi) is 5.86. The number of nitrogens with one attached hydrogen (secondary N) is 1. The van der Waals surface area contributed by atoms with E-state index in [1.165, 1.54) is 63.2 Å². The summed E-state index contributed by atoms with van der Waals surface area (Å²) in [6, 6.07) is 4.41. The average Bonchev–Trinajstić information content (AvgIpc) is 2.91. The van der Waals surface area contributed by atoms with Crippen molar-refractivity contribution in [3.05, 3.63) is 22.4 Å². The van der Waals surface area contributed by atoms with Gasteiger partial charge in [-0.3, -0.25) is 0 Å². The lowest BCUT2D eigenvalue weighted by Gasteiger charge is -2.40.